The van der Waals surface area contributed by atoms with Gasteiger partial charge in [0.15, 0.2) is 0 Å². The van der Waals surface area contributed by atoms with Gasteiger partial charge in [-0.2, -0.15) is 0 Å². The van der Waals surface area contributed by atoms with Gasteiger partial charge in [-0.25, -0.2) is 0 Å². The van der Waals surface area contributed by atoms with E-state index in [1.807, 2.05) is 0 Å². The number of nitrogens with one attached hydrogen (secondary N) is 1. The van der Waals surface area contributed by atoms with Crippen LogP contribution in [0.1, 0.15) is 33.1 Å². The van der Waals surface area contributed by atoms with E-state index in [0.717, 1.165) is 25.2 Å². The van der Waals surface area contributed by atoms with Gasteiger partial charge in [-0.15, -0.1) is 12.4 Å². The van der Waals surface area contributed by atoms with E-state index in [9.17, 15) is 0 Å². The van der Waals surface area contributed by atoms with Crippen LogP contribution in [0.5, 0.6) is 0 Å². The van der Waals surface area contributed by atoms with Gasteiger partial charge < -0.3 is 10.1 Å². The number of hydrogen-bond acceptors (Lipinski definition) is 3. The average molecular weight is 249 g/mol. The molecule has 16 heavy (non-hydrogen) atoms. The lowest BCUT2D eigenvalue weighted by Crippen LogP contribution is -2.37. The molecule has 0 radical (unpaired) electrons. The number of likely N-dealkylation sites (tertiary alicyclic amines) is 1. The Kier molecular flexibility index (Phi) is 6.05. The third-order valence-electron chi connectivity index (χ3n) is 3.47. The van der Waals surface area contributed by atoms with Crippen molar-refractivity contribution in [2.45, 2.75) is 51.3 Å². The fraction of sp³-hybridized carbons (Fsp3) is 1.00. The summed E-state index contributed by atoms with van der Waals surface area (Å²) in [5.41, 5.74) is 0. The average Bonchev–Trinajstić information content (AvgIpc) is 2.49. The van der Waals surface area contributed by atoms with E-state index < -0.39 is 0 Å². The minimum absolute atomic E-state index is 0. The number of rotatable bonds is 4. The minimum atomic E-state index is 0. The van der Waals surface area contributed by atoms with Gasteiger partial charge in [0, 0.05) is 25.2 Å². The molecule has 96 valence electrons. The van der Waals surface area contributed by atoms with Crippen LogP contribution in [0, 0.1) is 0 Å². The Morgan fingerprint density at radius 2 is 2.00 bits per heavy atom. The van der Waals surface area contributed by atoms with Crippen molar-refractivity contribution in [2.75, 3.05) is 26.2 Å². The lowest BCUT2D eigenvalue weighted by atomic mass is 10.1. The molecular formula is C12H25ClN2O. The van der Waals surface area contributed by atoms with Gasteiger partial charge in [-0.1, -0.05) is 0 Å². The Balaban J connectivity index is 0.00000128. The molecule has 0 saturated carbocycles. The van der Waals surface area contributed by atoms with E-state index >= 15 is 0 Å². The van der Waals surface area contributed by atoms with Crippen molar-refractivity contribution in [3.05, 3.63) is 0 Å². The number of fused-ring (bicyclic) bond motifs is 2. The highest BCUT2D eigenvalue weighted by Crippen LogP contribution is 2.19. The predicted octanol–water partition coefficient (Wildman–Crippen LogP) is 1.66. The molecule has 0 spiro atoms. The molecule has 2 rings (SSSR count). The van der Waals surface area contributed by atoms with Crippen LogP contribution in [0.3, 0.4) is 0 Å². The third-order valence-corrected chi connectivity index (χ3v) is 3.47. The van der Waals surface area contributed by atoms with Crippen molar-refractivity contribution in [1.82, 2.24) is 10.2 Å². The molecule has 0 aromatic rings. The lowest BCUT2D eigenvalue weighted by molar-refractivity contribution is 0.0581. The van der Waals surface area contributed by atoms with Crippen molar-refractivity contribution in [1.29, 1.82) is 0 Å². The Hall–Kier alpha value is 0.170. The van der Waals surface area contributed by atoms with Gasteiger partial charge in [0.05, 0.1) is 12.7 Å². The third kappa shape index (κ3) is 4.21. The molecule has 2 heterocycles. The lowest BCUT2D eigenvalue weighted by Gasteiger charge is -2.24. The zero-order valence-corrected chi connectivity index (χ0v) is 11.3. The number of halogens is 1. The van der Waals surface area contributed by atoms with Crippen molar-refractivity contribution in [2.24, 2.45) is 0 Å². The Morgan fingerprint density at radius 3 is 2.75 bits per heavy atom. The summed E-state index contributed by atoms with van der Waals surface area (Å²) < 4.78 is 5.60. The van der Waals surface area contributed by atoms with Gasteiger partial charge >= 0.3 is 0 Å². The summed E-state index contributed by atoms with van der Waals surface area (Å²) in [5, 5.41) is 3.70. The van der Waals surface area contributed by atoms with Crippen molar-refractivity contribution in [3.8, 4) is 0 Å². The molecule has 2 atom stereocenters. The molecule has 0 aromatic heterocycles. The monoisotopic (exact) mass is 248 g/mol. The largest absolute Gasteiger partial charge is 0.377 e. The molecule has 2 unspecified atom stereocenters. The van der Waals surface area contributed by atoms with E-state index in [-0.39, 0.29) is 12.4 Å². The van der Waals surface area contributed by atoms with Crippen LogP contribution in [0.15, 0.2) is 0 Å². The first kappa shape index (κ1) is 14.2. The van der Waals surface area contributed by atoms with Crippen LogP contribution in [-0.2, 0) is 4.74 Å². The van der Waals surface area contributed by atoms with Crippen LogP contribution >= 0.6 is 12.4 Å². The van der Waals surface area contributed by atoms with Crippen LogP contribution in [-0.4, -0.2) is 49.3 Å². The predicted molar refractivity (Wildman–Crippen MR) is 69.3 cm³/mol. The maximum atomic E-state index is 5.60. The molecule has 4 heteroatoms. The highest BCUT2D eigenvalue weighted by Gasteiger charge is 2.28. The molecule has 2 saturated heterocycles. The summed E-state index contributed by atoms with van der Waals surface area (Å²) in [6.07, 6.45) is 4.44. The fourth-order valence-electron chi connectivity index (χ4n) is 2.64. The SMILES string of the molecule is CC(C)OCCN1CCC2CCC(C1)N2.Cl. The van der Waals surface area contributed by atoms with E-state index in [1.165, 1.54) is 32.4 Å². The summed E-state index contributed by atoms with van der Waals surface area (Å²) in [6, 6.07) is 1.54. The Labute approximate surface area is 105 Å². The molecule has 3 nitrogen and oxygen atoms in total. The zero-order chi connectivity index (χ0) is 10.7. The summed E-state index contributed by atoms with van der Waals surface area (Å²) >= 11 is 0. The Bertz CT molecular complexity index is 201. The zero-order valence-electron chi connectivity index (χ0n) is 10.4. The molecule has 0 aliphatic carbocycles. The molecular weight excluding hydrogens is 224 g/mol. The first-order chi connectivity index (χ1) is 7.24. The van der Waals surface area contributed by atoms with E-state index in [2.05, 4.69) is 24.1 Å². The van der Waals surface area contributed by atoms with Gasteiger partial charge in [0.1, 0.15) is 0 Å². The molecule has 2 bridgehead atoms. The van der Waals surface area contributed by atoms with Gasteiger partial charge in [0.2, 0.25) is 0 Å². The van der Waals surface area contributed by atoms with Crippen molar-refractivity contribution in [3.63, 3.8) is 0 Å². The fourth-order valence-corrected chi connectivity index (χ4v) is 2.64. The second-order valence-corrected chi connectivity index (χ2v) is 5.15. The topological polar surface area (TPSA) is 24.5 Å². The molecule has 0 amide bonds. The number of nitrogens with zero attached hydrogens (tertiary/aromatic N) is 1. The van der Waals surface area contributed by atoms with Crippen molar-refractivity contribution >= 4 is 12.4 Å². The van der Waals surface area contributed by atoms with Gasteiger partial charge in [-0.3, -0.25) is 4.90 Å². The maximum Gasteiger partial charge on any atom is 0.0596 e. The summed E-state index contributed by atoms with van der Waals surface area (Å²) in [7, 11) is 0. The molecule has 2 fully saturated rings. The summed E-state index contributed by atoms with van der Waals surface area (Å²) in [4.78, 5) is 2.55. The number of ether oxygens (including phenoxy) is 1. The van der Waals surface area contributed by atoms with Gasteiger partial charge in [0.25, 0.3) is 0 Å². The van der Waals surface area contributed by atoms with Crippen LogP contribution in [0.4, 0.5) is 0 Å². The first-order valence-electron chi connectivity index (χ1n) is 6.34. The van der Waals surface area contributed by atoms with Crippen LogP contribution in [0.2, 0.25) is 0 Å². The first-order valence-corrected chi connectivity index (χ1v) is 6.34. The summed E-state index contributed by atoms with van der Waals surface area (Å²) in [5.74, 6) is 0. The minimum Gasteiger partial charge on any atom is -0.377 e. The smallest absolute Gasteiger partial charge is 0.0596 e. The normalized spacial score (nSPS) is 30.2. The van der Waals surface area contributed by atoms with E-state index in [4.69, 9.17) is 4.74 Å². The Morgan fingerprint density at radius 1 is 1.25 bits per heavy atom. The number of hydrogen-bond donors (Lipinski definition) is 1. The second kappa shape index (κ2) is 6.80. The van der Waals surface area contributed by atoms with Crippen LogP contribution in [0.25, 0.3) is 0 Å². The molecule has 2 aliphatic rings. The van der Waals surface area contributed by atoms with E-state index in [1.54, 1.807) is 0 Å². The highest BCUT2D eigenvalue weighted by molar-refractivity contribution is 5.85. The molecule has 0 aromatic carbocycles. The van der Waals surface area contributed by atoms with Gasteiger partial charge in [-0.05, 0) is 39.7 Å². The maximum absolute atomic E-state index is 5.60. The standard InChI is InChI=1S/C12H24N2O.ClH/c1-10(2)15-8-7-14-6-5-11-3-4-12(9-14)13-11;/h10-13H,3-9H2,1-2H3;1H. The molecule has 2 aliphatic heterocycles. The van der Waals surface area contributed by atoms with Crippen LogP contribution < -0.4 is 5.32 Å². The second-order valence-electron chi connectivity index (χ2n) is 5.15. The highest BCUT2D eigenvalue weighted by atomic mass is 35.5. The quantitative estimate of drug-likeness (QED) is 0.819. The van der Waals surface area contributed by atoms with E-state index in [0.29, 0.717) is 6.10 Å². The summed E-state index contributed by atoms with van der Waals surface area (Å²) in [6.45, 7) is 8.66. The van der Waals surface area contributed by atoms with Crippen molar-refractivity contribution < 1.29 is 4.74 Å². The molecule has 1 N–H and O–H groups in total.